The first-order chi connectivity index (χ1) is 22.0. The third kappa shape index (κ3) is 16.9. The Kier molecular flexibility index (Phi) is 25.2. The Hall–Kier alpha value is -1.80. The Morgan fingerprint density at radius 2 is 0.717 bits per heavy atom. The van der Waals surface area contributed by atoms with Gasteiger partial charge in [0.2, 0.25) is 30.1 Å². The molecule has 3 N–H and O–H groups in total. The van der Waals surface area contributed by atoms with Crippen LogP contribution in [0.15, 0.2) is 0 Å². The van der Waals surface area contributed by atoms with Crippen molar-refractivity contribution in [1.29, 1.82) is 15.8 Å². The number of hydrogen-bond donors (Lipinski definition) is 3. The Morgan fingerprint density at radius 3 is 1.02 bits per heavy atom. The smallest absolute Gasteiger partial charge is 0.213 e. The average Bonchev–Trinajstić information content (AvgIpc) is 3.00. The zero-order valence-corrected chi connectivity index (χ0v) is 30.4. The van der Waals surface area contributed by atoms with Gasteiger partial charge in [0, 0.05) is 45.3 Å². The second-order valence-corrected chi connectivity index (χ2v) is 18.5. The van der Waals surface area contributed by atoms with Gasteiger partial charge in [-0.15, -0.1) is 0 Å². The molecule has 266 valence electrons. The first-order valence-corrected chi connectivity index (χ1v) is 21.5. The first kappa shape index (κ1) is 44.2. The molecule has 0 heterocycles. The molecule has 0 aliphatic carbocycles. The van der Waals surface area contributed by atoms with E-state index in [2.05, 4.69) is 32.4 Å². The van der Waals surface area contributed by atoms with Gasteiger partial charge < -0.3 is 0 Å². The molecule has 0 aromatic carbocycles. The van der Waals surface area contributed by atoms with E-state index in [1.54, 1.807) is 0 Å². The second kappa shape index (κ2) is 26.2. The van der Waals surface area contributed by atoms with Crippen molar-refractivity contribution in [2.75, 3.05) is 19.6 Å². The molecule has 0 saturated carbocycles. The summed E-state index contributed by atoms with van der Waals surface area (Å²) in [6.45, 7) is 1.64. The van der Waals surface area contributed by atoms with Crippen LogP contribution in [0.2, 0.25) is 0 Å². The van der Waals surface area contributed by atoms with Gasteiger partial charge in [-0.2, -0.15) is 15.8 Å². The molecule has 0 aromatic heterocycles. The zero-order chi connectivity index (χ0) is 34.6. The van der Waals surface area contributed by atoms with Crippen molar-refractivity contribution >= 4 is 30.1 Å². The van der Waals surface area contributed by atoms with Crippen LogP contribution in [0.5, 0.6) is 0 Å². The second-order valence-electron chi connectivity index (χ2n) is 11.7. The predicted octanol–water partition coefficient (Wildman–Crippen LogP) is 5.96. The maximum Gasteiger partial charge on any atom is 0.313 e. The van der Waals surface area contributed by atoms with E-state index in [1.165, 1.54) is 0 Å². The lowest BCUT2D eigenvalue weighted by Gasteiger charge is -2.32. The van der Waals surface area contributed by atoms with E-state index >= 15 is 0 Å². The largest absolute Gasteiger partial charge is 0.313 e. The molecule has 0 unspecified atom stereocenters. The van der Waals surface area contributed by atoms with E-state index in [0.717, 1.165) is 64.2 Å². The van der Waals surface area contributed by atoms with Crippen molar-refractivity contribution in [3.05, 3.63) is 0 Å². The summed E-state index contributed by atoms with van der Waals surface area (Å²) in [5, 5.41) is 26.0. The first-order valence-electron chi connectivity index (χ1n) is 17.1. The number of sulfonamides is 3. The van der Waals surface area contributed by atoms with Gasteiger partial charge in [-0.1, -0.05) is 84.0 Å². The third-order valence-corrected chi connectivity index (χ3v) is 16.6. The van der Waals surface area contributed by atoms with Crippen molar-refractivity contribution in [2.45, 2.75) is 158 Å². The molecule has 15 heteroatoms. The molecule has 0 aliphatic rings. The van der Waals surface area contributed by atoms with Gasteiger partial charge in [0.25, 0.3) is 0 Å². The molecule has 0 amide bonds. The predicted molar refractivity (Wildman–Crippen MR) is 182 cm³/mol. The number of unbranched alkanes of at least 4 members (excludes halogenated alkanes) is 18. The third-order valence-electron chi connectivity index (χ3n) is 7.84. The highest BCUT2D eigenvalue weighted by Crippen LogP contribution is 2.36. The van der Waals surface area contributed by atoms with Gasteiger partial charge in [-0.25, -0.2) is 39.4 Å². The van der Waals surface area contributed by atoms with Crippen LogP contribution in [0.25, 0.3) is 0 Å². The summed E-state index contributed by atoms with van der Waals surface area (Å²) in [6, 6.07) is 6.25. The molecular formula is C31H58N6O6S3. The van der Waals surface area contributed by atoms with Crippen LogP contribution in [0.4, 0.5) is 0 Å². The molecule has 0 atom stereocenters. The molecule has 0 aromatic rings. The van der Waals surface area contributed by atoms with Crippen molar-refractivity contribution in [3.8, 4) is 18.2 Å². The van der Waals surface area contributed by atoms with Crippen LogP contribution in [0.3, 0.4) is 0 Å². The topological polar surface area (TPSA) is 210 Å². The average molecular weight is 707 g/mol. The lowest BCUT2D eigenvalue weighted by atomic mass is 10.1. The lowest BCUT2D eigenvalue weighted by molar-refractivity contribution is 0.506. The van der Waals surface area contributed by atoms with Gasteiger partial charge in [0.15, 0.2) is 0 Å². The molecule has 0 radical (unpaired) electrons. The van der Waals surface area contributed by atoms with E-state index in [4.69, 9.17) is 15.8 Å². The molecule has 0 aliphatic heterocycles. The Morgan fingerprint density at radius 1 is 0.435 bits per heavy atom. The summed E-state index contributed by atoms with van der Waals surface area (Å²) in [6.07, 6.45) is 13.0. The van der Waals surface area contributed by atoms with Crippen molar-refractivity contribution in [1.82, 2.24) is 14.2 Å². The van der Waals surface area contributed by atoms with Crippen LogP contribution in [-0.4, -0.2) is 48.3 Å². The van der Waals surface area contributed by atoms with Gasteiger partial charge in [-0.3, -0.25) is 0 Å². The summed E-state index contributed by atoms with van der Waals surface area (Å²) < 4.78 is 88.0. The molecular weight excluding hydrogens is 649 g/mol. The Balaban J connectivity index is 6.03. The van der Waals surface area contributed by atoms with E-state index < -0.39 is 39.9 Å². The van der Waals surface area contributed by atoms with E-state index in [9.17, 15) is 25.3 Å². The Labute approximate surface area is 280 Å². The minimum absolute atomic E-state index is 0.0905. The number of hydrogen-bond acceptors (Lipinski definition) is 9. The fraction of sp³-hybridized carbons (Fsp3) is 0.903. The standard InChI is InChI=1S/C31H58N6O6S3/c1-2-3-4-17-24-31(44(38,39)35-28-21-14-8-5-11-18-25-32,45(40,41)36-29-22-15-9-6-12-19-26-33)46(42,43)37-30-23-16-10-7-13-20-27-34/h35-37H,2-24,28-30H2,1H3. The van der Waals surface area contributed by atoms with Crippen LogP contribution in [-0.2, 0) is 30.1 Å². The van der Waals surface area contributed by atoms with Crippen LogP contribution in [0.1, 0.15) is 155 Å². The van der Waals surface area contributed by atoms with Gasteiger partial charge in [0.05, 0.1) is 18.2 Å². The minimum atomic E-state index is -4.96. The van der Waals surface area contributed by atoms with E-state index in [-0.39, 0.29) is 26.1 Å². The lowest BCUT2D eigenvalue weighted by Crippen LogP contribution is -2.63. The molecule has 12 nitrogen and oxygen atoms in total. The SMILES string of the molecule is CCCCCCC(S(=O)(=O)NCCCCCCCC#N)(S(=O)(=O)NCCCCCCCC#N)S(=O)(=O)NCCCCCCCC#N. The van der Waals surface area contributed by atoms with Crippen LogP contribution < -0.4 is 14.2 Å². The normalized spacial score (nSPS) is 12.4. The highest BCUT2D eigenvalue weighted by Gasteiger charge is 2.64. The highest BCUT2D eigenvalue weighted by atomic mass is 32.3. The summed E-state index contributed by atoms with van der Waals surface area (Å²) >= 11 is 0. The van der Waals surface area contributed by atoms with Crippen LogP contribution in [0, 0.1) is 34.0 Å². The van der Waals surface area contributed by atoms with Gasteiger partial charge >= 0.3 is 3.41 Å². The molecule has 0 spiro atoms. The van der Waals surface area contributed by atoms with Gasteiger partial charge in [-0.05, 0) is 44.9 Å². The van der Waals surface area contributed by atoms with E-state index in [0.29, 0.717) is 70.6 Å². The minimum Gasteiger partial charge on any atom is -0.213 e. The summed E-state index contributed by atoms with van der Waals surface area (Å²) in [7, 11) is -14.9. The quantitative estimate of drug-likeness (QED) is 0.0704. The number of rotatable bonds is 32. The van der Waals surface area contributed by atoms with E-state index in [1.807, 2.05) is 6.92 Å². The fourth-order valence-corrected chi connectivity index (χ4v) is 12.8. The fourth-order valence-electron chi connectivity index (χ4n) is 5.13. The maximum atomic E-state index is 14.0. The molecule has 0 fully saturated rings. The molecule has 0 rings (SSSR count). The Bertz CT molecular complexity index is 1110. The zero-order valence-electron chi connectivity index (χ0n) is 27.9. The number of nitrogens with zero attached hydrogens (tertiary/aromatic N) is 3. The molecule has 0 saturated heterocycles. The number of nitrogens with one attached hydrogen (secondary N) is 3. The highest BCUT2D eigenvalue weighted by molar-refractivity contribution is 8.24. The van der Waals surface area contributed by atoms with Crippen LogP contribution >= 0.6 is 0 Å². The monoisotopic (exact) mass is 706 g/mol. The van der Waals surface area contributed by atoms with Crippen molar-refractivity contribution < 1.29 is 25.3 Å². The summed E-state index contributed by atoms with van der Waals surface area (Å²) in [5.41, 5.74) is 0. The molecule has 46 heavy (non-hydrogen) atoms. The number of nitriles is 3. The van der Waals surface area contributed by atoms with Crippen molar-refractivity contribution in [3.63, 3.8) is 0 Å². The van der Waals surface area contributed by atoms with Gasteiger partial charge in [0.1, 0.15) is 0 Å². The molecule has 0 bridgehead atoms. The summed E-state index contributed by atoms with van der Waals surface area (Å²) in [4.78, 5) is 0. The summed E-state index contributed by atoms with van der Waals surface area (Å²) in [5.74, 6) is 0. The van der Waals surface area contributed by atoms with Crippen molar-refractivity contribution in [2.24, 2.45) is 0 Å². The maximum absolute atomic E-state index is 14.0.